The third-order valence-electron chi connectivity index (χ3n) is 4.14. The van der Waals surface area contributed by atoms with Crippen molar-refractivity contribution >= 4 is 23.2 Å². The summed E-state index contributed by atoms with van der Waals surface area (Å²) in [7, 11) is 0. The van der Waals surface area contributed by atoms with E-state index in [0.29, 0.717) is 0 Å². The van der Waals surface area contributed by atoms with Gasteiger partial charge in [-0.3, -0.25) is 9.59 Å². The molecule has 0 aliphatic carbocycles. The third-order valence-corrected chi connectivity index (χ3v) is 5.45. The Bertz CT molecular complexity index is 529. The van der Waals surface area contributed by atoms with E-state index in [1.165, 1.54) is 4.88 Å². The smallest absolute Gasteiger partial charge is 0.246 e. The molecule has 0 bridgehead atoms. The lowest BCUT2D eigenvalue weighted by Gasteiger charge is -2.37. The van der Waals surface area contributed by atoms with Gasteiger partial charge in [-0.2, -0.15) is 0 Å². The fraction of sp³-hybridized carbons (Fsp3) is 0.667. The Morgan fingerprint density at radius 2 is 2.14 bits per heavy atom. The van der Waals surface area contributed by atoms with Crippen LogP contribution in [0.1, 0.15) is 50.0 Å². The zero-order chi connectivity index (χ0) is 15.6. The van der Waals surface area contributed by atoms with Crippen LogP contribution in [0.25, 0.3) is 0 Å². The molecule has 0 radical (unpaired) electrons. The Hall–Kier alpha value is -1.43. The highest BCUT2D eigenvalue weighted by molar-refractivity contribution is 7.11. The largest absolute Gasteiger partial charge is 0.342 e. The van der Waals surface area contributed by atoms with Gasteiger partial charge >= 0.3 is 0 Å². The molecule has 1 aliphatic rings. The summed E-state index contributed by atoms with van der Waals surface area (Å²) in [4.78, 5) is 31.8. The van der Waals surface area contributed by atoms with E-state index in [0.717, 1.165) is 17.8 Å². The van der Waals surface area contributed by atoms with E-state index in [2.05, 4.69) is 17.2 Å². The Morgan fingerprint density at radius 3 is 2.71 bits per heavy atom. The zero-order valence-electron chi connectivity index (χ0n) is 13.0. The Labute approximate surface area is 129 Å². The van der Waals surface area contributed by atoms with Crippen LogP contribution in [0.5, 0.6) is 0 Å². The molecule has 21 heavy (non-hydrogen) atoms. The maximum atomic E-state index is 12.7. The van der Waals surface area contributed by atoms with Gasteiger partial charge in [-0.15, -0.1) is 11.3 Å². The standard InChI is InChI=1S/C15H23N3O2S/c1-5-9(3)13-15(20)18(8-12(19)17-13)10(4)14-16-7-11(6-2)21-14/h7,9-10,13H,5-6,8H2,1-4H3,(H,17,19). The van der Waals surface area contributed by atoms with Gasteiger partial charge in [0, 0.05) is 11.1 Å². The van der Waals surface area contributed by atoms with Crippen LogP contribution in [-0.4, -0.2) is 34.3 Å². The molecule has 2 amide bonds. The Kier molecular flexibility index (Phi) is 4.98. The van der Waals surface area contributed by atoms with Gasteiger partial charge in [-0.05, 0) is 19.3 Å². The monoisotopic (exact) mass is 309 g/mol. The summed E-state index contributed by atoms with van der Waals surface area (Å²) in [6.45, 7) is 8.17. The molecule has 1 aromatic rings. The summed E-state index contributed by atoms with van der Waals surface area (Å²) in [5.41, 5.74) is 0. The quantitative estimate of drug-likeness (QED) is 0.906. The van der Waals surface area contributed by atoms with Crippen molar-refractivity contribution in [1.29, 1.82) is 0 Å². The summed E-state index contributed by atoms with van der Waals surface area (Å²) in [6, 6.07) is -0.565. The average Bonchev–Trinajstić information content (AvgIpc) is 2.96. The molecule has 1 fully saturated rings. The topological polar surface area (TPSA) is 62.3 Å². The van der Waals surface area contributed by atoms with Crippen LogP contribution < -0.4 is 5.32 Å². The summed E-state index contributed by atoms with van der Waals surface area (Å²) in [6.07, 6.45) is 3.65. The molecule has 1 aromatic heterocycles. The number of nitrogens with zero attached hydrogens (tertiary/aromatic N) is 2. The predicted molar refractivity (Wildman–Crippen MR) is 83.0 cm³/mol. The molecular formula is C15H23N3O2S. The van der Waals surface area contributed by atoms with Crippen molar-refractivity contribution in [3.8, 4) is 0 Å². The second-order valence-electron chi connectivity index (χ2n) is 5.59. The number of amides is 2. The van der Waals surface area contributed by atoms with Crippen molar-refractivity contribution in [2.45, 2.75) is 52.6 Å². The van der Waals surface area contributed by atoms with E-state index >= 15 is 0 Å². The van der Waals surface area contributed by atoms with E-state index < -0.39 is 6.04 Å². The molecule has 3 unspecified atom stereocenters. The highest BCUT2D eigenvalue weighted by atomic mass is 32.1. The molecular weight excluding hydrogens is 286 g/mol. The van der Waals surface area contributed by atoms with Crippen LogP contribution >= 0.6 is 11.3 Å². The minimum Gasteiger partial charge on any atom is -0.342 e. The van der Waals surface area contributed by atoms with E-state index in [1.807, 2.05) is 27.0 Å². The number of hydrogen-bond acceptors (Lipinski definition) is 4. The summed E-state index contributed by atoms with van der Waals surface area (Å²) < 4.78 is 0. The van der Waals surface area contributed by atoms with Gasteiger partial charge in [0.25, 0.3) is 0 Å². The first-order valence-electron chi connectivity index (χ1n) is 7.52. The van der Waals surface area contributed by atoms with Crippen LogP contribution in [-0.2, 0) is 16.0 Å². The minimum absolute atomic E-state index is 0.00435. The first-order chi connectivity index (χ1) is 9.97. The fourth-order valence-electron chi connectivity index (χ4n) is 2.45. The zero-order valence-corrected chi connectivity index (χ0v) is 13.9. The lowest BCUT2D eigenvalue weighted by molar-refractivity contribution is -0.148. The molecule has 2 rings (SSSR count). The number of thiazole rings is 1. The maximum Gasteiger partial charge on any atom is 0.246 e. The molecule has 1 aliphatic heterocycles. The molecule has 116 valence electrons. The Balaban J connectivity index is 2.20. The lowest BCUT2D eigenvalue weighted by atomic mass is 9.95. The number of aromatic nitrogens is 1. The van der Waals surface area contributed by atoms with Gasteiger partial charge in [0.05, 0.1) is 6.04 Å². The number of carbonyl (C=O) groups is 2. The van der Waals surface area contributed by atoms with Gasteiger partial charge < -0.3 is 10.2 Å². The molecule has 0 spiro atoms. The van der Waals surface area contributed by atoms with Gasteiger partial charge in [0.15, 0.2) is 0 Å². The van der Waals surface area contributed by atoms with Crippen LogP contribution in [0.2, 0.25) is 0 Å². The van der Waals surface area contributed by atoms with Crippen molar-refractivity contribution in [3.63, 3.8) is 0 Å². The number of piperazine rings is 1. The van der Waals surface area contributed by atoms with Gasteiger partial charge in [0.2, 0.25) is 11.8 Å². The van der Waals surface area contributed by atoms with E-state index in [9.17, 15) is 9.59 Å². The number of rotatable bonds is 5. The van der Waals surface area contributed by atoms with Gasteiger partial charge in [-0.25, -0.2) is 4.98 Å². The number of aryl methyl sites for hydroxylation is 1. The van der Waals surface area contributed by atoms with E-state index in [-0.39, 0.29) is 30.3 Å². The molecule has 6 heteroatoms. The molecule has 0 saturated carbocycles. The fourth-order valence-corrected chi connectivity index (χ4v) is 3.38. The van der Waals surface area contributed by atoms with Gasteiger partial charge in [0.1, 0.15) is 17.6 Å². The van der Waals surface area contributed by atoms with Crippen LogP contribution in [0.3, 0.4) is 0 Å². The summed E-state index contributed by atoms with van der Waals surface area (Å²) in [5.74, 6) is 0.0580. The lowest BCUT2D eigenvalue weighted by Crippen LogP contribution is -2.60. The van der Waals surface area contributed by atoms with Crippen molar-refractivity contribution in [3.05, 3.63) is 16.1 Å². The second-order valence-corrected chi connectivity index (χ2v) is 6.74. The molecule has 3 atom stereocenters. The van der Waals surface area contributed by atoms with Crippen LogP contribution in [0.15, 0.2) is 6.20 Å². The molecule has 1 N–H and O–H groups in total. The summed E-state index contributed by atoms with van der Waals surface area (Å²) >= 11 is 1.62. The first-order valence-corrected chi connectivity index (χ1v) is 8.34. The number of hydrogen-bond donors (Lipinski definition) is 1. The maximum absolute atomic E-state index is 12.7. The van der Waals surface area contributed by atoms with Gasteiger partial charge in [-0.1, -0.05) is 27.2 Å². The predicted octanol–water partition coefficient (Wildman–Crippen LogP) is 2.14. The van der Waals surface area contributed by atoms with Crippen molar-refractivity contribution in [2.24, 2.45) is 5.92 Å². The first kappa shape index (κ1) is 15.9. The highest BCUT2D eigenvalue weighted by Gasteiger charge is 2.38. The molecule has 2 heterocycles. The van der Waals surface area contributed by atoms with Crippen LogP contribution in [0.4, 0.5) is 0 Å². The normalized spacial score (nSPS) is 22.1. The second kappa shape index (κ2) is 6.56. The minimum atomic E-state index is -0.413. The van der Waals surface area contributed by atoms with E-state index in [1.54, 1.807) is 16.2 Å². The van der Waals surface area contributed by atoms with Crippen molar-refractivity contribution in [2.75, 3.05) is 6.54 Å². The highest BCUT2D eigenvalue weighted by Crippen LogP contribution is 2.28. The molecule has 1 saturated heterocycles. The molecule has 5 nitrogen and oxygen atoms in total. The Morgan fingerprint density at radius 1 is 1.43 bits per heavy atom. The number of carbonyl (C=O) groups excluding carboxylic acids is 2. The van der Waals surface area contributed by atoms with E-state index in [4.69, 9.17) is 0 Å². The summed E-state index contributed by atoms with van der Waals surface area (Å²) in [5, 5.41) is 3.72. The third kappa shape index (κ3) is 3.26. The van der Waals surface area contributed by atoms with Crippen LogP contribution in [0, 0.1) is 5.92 Å². The SMILES string of the molecule is CCc1cnc(C(C)N2CC(=O)NC(C(C)CC)C2=O)s1. The number of nitrogens with one attached hydrogen (secondary N) is 1. The van der Waals surface area contributed by atoms with Crippen molar-refractivity contribution < 1.29 is 9.59 Å². The molecule has 0 aromatic carbocycles. The average molecular weight is 309 g/mol. The van der Waals surface area contributed by atoms with Crippen molar-refractivity contribution in [1.82, 2.24) is 15.2 Å².